The lowest BCUT2D eigenvalue weighted by atomic mass is 10.2. The first kappa shape index (κ1) is 19.6. The third-order valence-electron chi connectivity index (χ3n) is 2.11. The van der Waals surface area contributed by atoms with Crippen LogP contribution in [0.1, 0.15) is 26.3 Å². The molecule has 0 spiro atoms. The number of alkyl carbamates (subject to hydrolysis) is 1. The van der Waals surface area contributed by atoms with Gasteiger partial charge in [-0.3, -0.25) is 0 Å². The normalized spacial score (nSPS) is 11.8. The van der Waals surface area contributed by atoms with Gasteiger partial charge in [-0.2, -0.15) is 13.2 Å². The summed E-state index contributed by atoms with van der Waals surface area (Å²) in [4.78, 5) is 22.9. The Morgan fingerprint density at radius 3 is 2.17 bits per heavy atom. The predicted molar refractivity (Wildman–Crippen MR) is 79.5 cm³/mol. The number of hydrogen-bond donors (Lipinski definition) is 1. The molecule has 0 aliphatic rings. The summed E-state index contributed by atoms with van der Waals surface area (Å²) < 4.78 is 47.3. The van der Waals surface area contributed by atoms with Gasteiger partial charge >= 0.3 is 18.4 Å². The van der Waals surface area contributed by atoms with Crippen LogP contribution in [0.4, 0.5) is 22.8 Å². The molecule has 0 aromatic heterocycles. The second-order valence-electron chi connectivity index (χ2n) is 5.28. The number of benzene rings is 1. The molecule has 0 fully saturated rings. The molecule has 1 rings (SSSR count). The number of rotatable bonds is 1. The molecule has 2 amide bonds. The van der Waals surface area contributed by atoms with Crippen molar-refractivity contribution in [2.24, 2.45) is 0 Å². The van der Waals surface area contributed by atoms with E-state index in [9.17, 15) is 22.8 Å². The summed E-state index contributed by atoms with van der Waals surface area (Å²) in [6, 6.07) is 1.72. The highest BCUT2D eigenvalue weighted by molar-refractivity contribution is 9.10. The number of ether oxygens (including phenoxy) is 2. The zero-order valence-corrected chi connectivity index (χ0v) is 14.5. The Labute approximate surface area is 143 Å². The van der Waals surface area contributed by atoms with Crippen molar-refractivity contribution in [3.63, 3.8) is 0 Å². The summed E-state index contributed by atoms with van der Waals surface area (Å²) in [5.41, 5.74) is -1.93. The van der Waals surface area contributed by atoms with E-state index in [1.807, 2.05) is 0 Å². The van der Waals surface area contributed by atoms with Crippen LogP contribution in [0.25, 0.3) is 0 Å². The molecular weight excluding hydrogens is 406 g/mol. The Kier molecular flexibility index (Phi) is 5.92. The lowest BCUT2D eigenvalue weighted by Gasteiger charge is -2.19. The minimum Gasteiger partial charge on any atom is -0.443 e. The van der Waals surface area contributed by atoms with Crippen LogP contribution in [0.3, 0.4) is 0 Å². The topological polar surface area (TPSA) is 64.6 Å². The van der Waals surface area contributed by atoms with Crippen molar-refractivity contribution in [3.8, 4) is 5.75 Å². The van der Waals surface area contributed by atoms with Crippen molar-refractivity contribution in [1.29, 1.82) is 0 Å². The first-order chi connectivity index (χ1) is 10.3. The largest absolute Gasteiger partial charge is 0.443 e. The van der Waals surface area contributed by atoms with Gasteiger partial charge in [-0.1, -0.05) is 11.6 Å². The standard InChI is InChI=1S/C13H12BrClF3NO4/c1-12(2,3)23-11(21)19-10(20)22-6-4-7(14)9(8(15)5-6)13(16,17)18/h4-5H,1-3H3,(H,19,20,21). The van der Waals surface area contributed by atoms with Crippen molar-refractivity contribution >= 4 is 39.7 Å². The Bertz CT molecular complexity index is 606. The van der Waals surface area contributed by atoms with Crippen molar-refractivity contribution in [2.45, 2.75) is 32.5 Å². The van der Waals surface area contributed by atoms with E-state index in [1.54, 1.807) is 26.1 Å². The average molecular weight is 419 g/mol. The monoisotopic (exact) mass is 417 g/mol. The van der Waals surface area contributed by atoms with Crippen LogP contribution in [0, 0.1) is 0 Å². The molecule has 1 N–H and O–H groups in total. The molecule has 0 aliphatic carbocycles. The van der Waals surface area contributed by atoms with Gasteiger partial charge in [0.15, 0.2) is 0 Å². The van der Waals surface area contributed by atoms with Gasteiger partial charge in [-0.15, -0.1) is 0 Å². The Morgan fingerprint density at radius 1 is 1.17 bits per heavy atom. The van der Waals surface area contributed by atoms with Crippen LogP contribution < -0.4 is 10.1 Å². The molecule has 0 saturated heterocycles. The fraction of sp³-hybridized carbons (Fsp3) is 0.385. The first-order valence-corrected chi connectivity index (χ1v) is 7.25. The van der Waals surface area contributed by atoms with Gasteiger partial charge in [0.05, 0.1) is 10.6 Å². The van der Waals surface area contributed by atoms with Gasteiger partial charge in [-0.05, 0) is 42.8 Å². The Balaban J connectivity index is 2.83. The lowest BCUT2D eigenvalue weighted by molar-refractivity contribution is -0.138. The molecule has 0 atom stereocenters. The van der Waals surface area contributed by atoms with Crippen LogP contribution in [-0.2, 0) is 10.9 Å². The maximum Gasteiger partial charge on any atom is 0.422 e. The van der Waals surface area contributed by atoms with Crippen LogP contribution in [0.5, 0.6) is 5.75 Å². The SMILES string of the molecule is CC(C)(C)OC(=O)NC(=O)Oc1cc(Cl)c(C(F)(F)F)c(Br)c1. The minimum absolute atomic E-state index is 0.282. The molecule has 1 aromatic rings. The maximum atomic E-state index is 12.7. The van der Waals surface area contributed by atoms with Crippen molar-refractivity contribution in [2.75, 3.05) is 0 Å². The van der Waals surface area contributed by atoms with Crippen molar-refractivity contribution < 1.29 is 32.2 Å². The molecule has 10 heteroatoms. The molecule has 128 valence electrons. The van der Waals surface area contributed by atoms with Gasteiger partial charge in [0, 0.05) is 10.5 Å². The number of hydrogen-bond acceptors (Lipinski definition) is 4. The zero-order valence-electron chi connectivity index (χ0n) is 12.2. The third kappa shape index (κ3) is 6.26. The van der Waals surface area contributed by atoms with E-state index in [0.29, 0.717) is 0 Å². The molecule has 23 heavy (non-hydrogen) atoms. The van der Waals surface area contributed by atoms with Gasteiger partial charge in [0.2, 0.25) is 0 Å². The number of imide groups is 1. The maximum absolute atomic E-state index is 12.7. The summed E-state index contributed by atoms with van der Waals surface area (Å²) in [6.45, 7) is 4.76. The van der Waals surface area contributed by atoms with Crippen LogP contribution >= 0.6 is 27.5 Å². The smallest absolute Gasteiger partial charge is 0.422 e. The third-order valence-corrected chi connectivity index (χ3v) is 3.04. The van der Waals surface area contributed by atoms with E-state index in [-0.39, 0.29) is 5.75 Å². The number of amides is 2. The highest BCUT2D eigenvalue weighted by atomic mass is 79.9. The van der Waals surface area contributed by atoms with Crippen LogP contribution in [0.15, 0.2) is 16.6 Å². The van der Waals surface area contributed by atoms with Gasteiger partial charge in [-0.25, -0.2) is 14.9 Å². The number of nitrogens with one attached hydrogen (secondary N) is 1. The van der Waals surface area contributed by atoms with Crippen molar-refractivity contribution in [1.82, 2.24) is 5.32 Å². The molecule has 0 radical (unpaired) electrons. The van der Waals surface area contributed by atoms with Gasteiger partial charge < -0.3 is 9.47 Å². The summed E-state index contributed by atoms with van der Waals surface area (Å²) in [5, 5.41) is 1.11. The molecule has 1 aromatic carbocycles. The van der Waals surface area contributed by atoms with E-state index in [4.69, 9.17) is 21.1 Å². The van der Waals surface area contributed by atoms with Crippen LogP contribution in [0.2, 0.25) is 5.02 Å². The lowest BCUT2D eigenvalue weighted by Crippen LogP contribution is -2.37. The Hall–Kier alpha value is -1.48. The molecule has 0 bridgehead atoms. The van der Waals surface area contributed by atoms with E-state index in [1.165, 1.54) is 0 Å². The molecule has 0 heterocycles. The van der Waals surface area contributed by atoms with E-state index < -0.39 is 39.0 Å². The predicted octanol–water partition coefficient (Wildman–Crippen LogP) is 5.14. The van der Waals surface area contributed by atoms with E-state index >= 15 is 0 Å². The summed E-state index contributed by atoms with van der Waals surface area (Å²) in [7, 11) is 0. The second-order valence-corrected chi connectivity index (χ2v) is 6.54. The summed E-state index contributed by atoms with van der Waals surface area (Å²) in [6.07, 6.45) is -6.95. The number of carbonyl (C=O) groups excluding carboxylic acids is 2. The molecule has 0 unspecified atom stereocenters. The zero-order chi connectivity index (χ0) is 18.0. The van der Waals surface area contributed by atoms with Gasteiger partial charge in [0.1, 0.15) is 11.4 Å². The molecule has 0 aliphatic heterocycles. The molecular formula is C13H12BrClF3NO4. The summed E-state index contributed by atoms with van der Waals surface area (Å²) >= 11 is 8.25. The van der Waals surface area contributed by atoms with Gasteiger partial charge in [0.25, 0.3) is 0 Å². The molecule has 0 saturated carbocycles. The second kappa shape index (κ2) is 6.96. The fourth-order valence-corrected chi connectivity index (χ4v) is 2.49. The highest BCUT2D eigenvalue weighted by Gasteiger charge is 2.36. The van der Waals surface area contributed by atoms with E-state index in [2.05, 4.69) is 15.9 Å². The van der Waals surface area contributed by atoms with E-state index in [0.717, 1.165) is 12.1 Å². The number of alkyl halides is 3. The highest BCUT2D eigenvalue weighted by Crippen LogP contribution is 2.41. The first-order valence-electron chi connectivity index (χ1n) is 6.07. The summed E-state index contributed by atoms with van der Waals surface area (Å²) in [5.74, 6) is -0.282. The number of carbonyl (C=O) groups is 2. The Morgan fingerprint density at radius 2 is 1.74 bits per heavy atom. The average Bonchev–Trinajstić information content (AvgIpc) is 2.21. The van der Waals surface area contributed by atoms with Crippen LogP contribution in [-0.4, -0.2) is 17.8 Å². The quantitative estimate of drug-likeness (QED) is 0.685. The molecule has 5 nitrogen and oxygen atoms in total. The van der Waals surface area contributed by atoms with Crippen molar-refractivity contribution in [3.05, 3.63) is 27.2 Å². The number of halogens is 5. The minimum atomic E-state index is -4.67. The fourth-order valence-electron chi connectivity index (χ4n) is 1.40.